The third-order valence-corrected chi connectivity index (χ3v) is 2.68. The van der Waals surface area contributed by atoms with Crippen molar-refractivity contribution >= 4 is 5.95 Å². The highest BCUT2D eigenvalue weighted by Crippen LogP contribution is 2.30. The molecule has 0 radical (unpaired) electrons. The van der Waals surface area contributed by atoms with Crippen molar-refractivity contribution in [1.29, 1.82) is 0 Å². The van der Waals surface area contributed by atoms with Crippen molar-refractivity contribution in [2.45, 2.75) is 12.6 Å². The highest BCUT2D eigenvalue weighted by atomic mass is 19.4. The van der Waals surface area contributed by atoms with Crippen LogP contribution < -0.4 is 11.1 Å². The van der Waals surface area contributed by atoms with Crippen LogP contribution in [0.3, 0.4) is 0 Å². The van der Waals surface area contributed by atoms with Gasteiger partial charge in [-0.3, -0.25) is 4.68 Å². The third-order valence-electron chi connectivity index (χ3n) is 2.68. The van der Waals surface area contributed by atoms with E-state index in [4.69, 9.17) is 5.73 Å². The fraction of sp³-hybridized carbons (Fsp3) is 0.417. The van der Waals surface area contributed by atoms with Crippen LogP contribution in [0.5, 0.6) is 0 Å². The van der Waals surface area contributed by atoms with Crippen LogP contribution in [0.1, 0.15) is 12.1 Å². The molecule has 0 spiro atoms. The zero-order valence-corrected chi connectivity index (χ0v) is 11.4. The molecule has 0 bridgehead atoms. The van der Waals surface area contributed by atoms with Crippen LogP contribution in [0.4, 0.5) is 19.1 Å². The monoisotopic (exact) mass is 300 g/mol. The fourth-order valence-electron chi connectivity index (χ4n) is 1.68. The van der Waals surface area contributed by atoms with Crippen molar-refractivity contribution in [3.05, 3.63) is 24.2 Å². The standard InChI is InChI=1S/C12H15F3N6/c1-21-7-8(6-18-21)9-5-10(12(13,14)15)20-11(19-9)17-4-2-3-16/h5-7H,2-4,16H2,1H3,(H,17,19,20). The number of nitrogens with one attached hydrogen (secondary N) is 1. The van der Waals surface area contributed by atoms with E-state index >= 15 is 0 Å². The third kappa shape index (κ3) is 3.91. The molecule has 0 fully saturated rings. The number of hydrogen-bond donors (Lipinski definition) is 2. The van der Waals surface area contributed by atoms with Gasteiger partial charge in [0.15, 0.2) is 5.69 Å². The number of halogens is 3. The van der Waals surface area contributed by atoms with Crippen molar-refractivity contribution in [1.82, 2.24) is 19.7 Å². The molecule has 6 nitrogen and oxygen atoms in total. The summed E-state index contributed by atoms with van der Waals surface area (Å²) in [5.41, 5.74) is 5.01. The van der Waals surface area contributed by atoms with Gasteiger partial charge in [0.2, 0.25) is 5.95 Å². The van der Waals surface area contributed by atoms with Gasteiger partial charge >= 0.3 is 6.18 Å². The number of hydrogen-bond acceptors (Lipinski definition) is 5. The molecule has 21 heavy (non-hydrogen) atoms. The predicted octanol–water partition coefficient (Wildman–Crippen LogP) is 1.66. The molecule has 0 aliphatic carbocycles. The molecular weight excluding hydrogens is 285 g/mol. The summed E-state index contributed by atoms with van der Waals surface area (Å²) in [6.45, 7) is 0.839. The smallest absolute Gasteiger partial charge is 0.354 e. The van der Waals surface area contributed by atoms with E-state index in [2.05, 4.69) is 20.4 Å². The first-order valence-electron chi connectivity index (χ1n) is 6.29. The van der Waals surface area contributed by atoms with Crippen LogP contribution in [-0.4, -0.2) is 32.8 Å². The normalized spacial score (nSPS) is 11.7. The summed E-state index contributed by atoms with van der Waals surface area (Å²) in [6.07, 6.45) is -0.885. The molecule has 114 valence electrons. The van der Waals surface area contributed by atoms with Gasteiger partial charge in [0.05, 0.1) is 11.9 Å². The van der Waals surface area contributed by atoms with Gasteiger partial charge in [-0.1, -0.05) is 0 Å². The minimum Gasteiger partial charge on any atom is -0.354 e. The maximum absolute atomic E-state index is 12.9. The van der Waals surface area contributed by atoms with E-state index in [0.29, 0.717) is 25.1 Å². The van der Waals surface area contributed by atoms with Crippen molar-refractivity contribution in [2.24, 2.45) is 12.8 Å². The van der Waals surface area contributed by atoms with Crippen molar-refractivity contribution in [3.8, 4) is 11.3 Å². The Morgan fingerprint density at radius 3 is 2.67 bits per heavy atom. The lowest BCUT2D eigenvalue weighted by atomic mass is 10.2. The van der Waals surface area contributed by atoms with Crippen molar-refractivity contribution in [2.75, 3.05) is 18.4 Å². The lowest BCUT2D eigenvalue weighted by Crippen LogP contribution is -2.14. The molecule has 0 amide bonds. The molecule has 3 N–H and O–H groups in total. The molecule has 0 atom stereocenters. The predicted molar refractivity (Wildman–Crippen MR) is 71.4 cm³/mol. The molecule has 9 heteroatoms. The van der Waals surface area contributed by atoms with Crippen molar-refractivity contribution in [3.63, 3.8) is 0 Å². The Balaban J connectivity index is 2.37. The summed E-state index contributed by atoms with van der Waals surface area (Å²) >= 11 is 0. The number of nitrogens with zero attached hydrogens (tertiary/aromatic N) is 4. The van der Waals surface area contributed by atoms with E-state index in [-0.39, 0.29) is 11.6 Å². The van der Waals surface area contributed by atoms with Gasteiger partial charge in [0.1, 0.15) is 0 Å². The van der Waals surface area contributed by atoms with Crippen LogP contribution in [0.25, 0.3) is 11.3 Å². The Kier molecular flexibility index (Phi) is 4.41. The SMILES string of the molecule is Cn1cc(-c2cc(C(F)(F)F)nc(NCCCN)n2)cn1. The summed E-state index contributed by atoms with van der Waals surface area (Å²) in [5, 5.41) is 6.67. The minimum absolute atomic E-state index is 0.0721. The summed E-state index contributed by atoms with van der Waals surface area (Å²) in [4.78, 5) is 7.58. The summed E-state index contributed by atoms with van der Waals surface area (Å²) in [7, 11) is 1.68. The Morgan fingerprint density at radius 1 is 1.33 bits per heavy atom. The summed E-state index contributed by atoms with van der Waals surface area (Å²) in [6, 6.07) is 0.908. The van der Waals surface area contributed by atoms with Gasteiger partial charge < -0.3 is 11.1 Å². The average Bonchev–Trinajstić information content (AvgIpc) is 2.84. The molecule has 2 rings (SSSR count). The van der Waals surface area contributed by atoms with Crippen LogP contribution in [0.2, 0.25) is 0 Å². The van der Waals surface area contributed by atoms with Gasteiger partial charge in [-0.25, -0.2) is 9.97 Å². The number of aromatic nitrogens is 4. The van der Waals surface area contributed by atoms with Crippen LogP contribution in [0, 0.1) is 0 Å². The van der Waals surface area contributed by atoms with E-state index in [1.54, 1.807) is 13.2 Å². The molecule has 0 unspecified atom stereocenters. The largest absolute Gasteiger partial charge is 0.433 e. The van der Waals surface area contributed by atoms with Crippen LogP contribution >= 0.6 is 0 Å². The second kappa shape index (κ2) is 6.08. The Morgan fingerprint density at radius 2 is 2.10 bits per heavy atom. The van der Waals surface area contributed by atoms with Gasteiger partial charge in [0, 0.05) is 25.4 Å². The Labute approximate surface area is 119 Å². The number of aryl methyl sites for hydroxylation is 1. The maximum atomic E-state index is 12.9. The highest BCUT2D eigenvalue weighted by molar-refractivity contribution is 5.59. The number of alkyl halides is 3. The molecule has 2 aromatic heterocycles. The highest BCUT2D eigenvalue weighted by Gasteiger charge is 2.33. The first-order chi connectivity index (χ1) is 9.90. The van der Waals surface area contributed by atoms with Gasteiger partial charge in [-0.15, -0.1) is 0 Å². The zero-order valence-electron chi connectivity index (χ0n) is 11.4. The quantitative estimate of drug-likeness (QED) is 0.821. The van der Waals surface area contributed by atoms with E-state index in [1.807, 2.05) is 0 Å². The molecular formula is C12H15F3N6. The molecule has 2 aromatic rings. The number of nitrogens with two attached hydrogens (primary N) is 1. The minimum atomic E-state index is -4.54. The first kappa shape index (κ1) is 15.2. The van der Waals surface area contributed by atoms with Crippen LogP contribution in [-0.2, 0) is 13.2 Å². The maximum Gasteiger partial charge on any atom is 0.433 e. The Bertz CT molecular complexity index is 607. The number of rotatable bonds is 5. The van der Waals surface area contributed by atoms with Gasteiger partial charge in [-0.2, -0.15) is 18.3 Å². The molecule has 0 saturated heterocycles. The average molecular weight is 300 g/mol. The topological polar surface area (TPSA) is 81.7 Å². The van der Waals surface area contributed by atoms with Crippen molar-refractivity contribution < 1.29 is 13.2 Å². The van der Waals surface area contributed by atoms with E-state index in [1.165, 1.54) is 10.9 Å². The van der Waals surface area contributed by atoms with Gasteiger partial charge in [0.25, 0.3) is 0 Å². The summed E-state index contributed by atoms with van der Waals surface area (Å²) < 4.78 is 40.2. The first-order valence-corrected chi connectivity index (χ1v) is 6.29. The van der Waals surface area contributed by atoms with E-state index in [0.717, 1.165) is 6.07 Å². The van der Waals surface area contributed by atoms with Gasteiger partial charge in [-0.05, 0) is 19.0 Å². The lowest BCUT2D eigenvalue weighted by molar-refractivity contribution is -0.141. The summed E-state index contributed by atoms with van der Waals surface area (Å²) in [5.74, 6) is -0.0721. The second-order valence-corrected chi connectivity index (χ2v) is 4.43. The second-order valence-electron chi connectivity index (χ2n) is 4.43. The fourth-order valence-corrected chi connectivity index (χ4v) is 1.68. The molecule has 0 aromatic carbocycles. The van der Waals surface area contributed by atoms with Crippen LogP contribution in [0.15, 0.2) is 18.5 Å². The molecule has 2 heterocycles. The lowest BCUT2D eigenvalue weighted by Gasteiger charge is -2.10. The molecule has 0 aliphatic rings. The van der Waals surface area contributed by atoms with E-state index < -0.39 is 11.9 Å². The molecule has 0 saturated carbocycles. The van der Waals surface area contributed by atoms with E-state index in [9.17, 15) is 13.2 Å². The zero-order chi connectivity index (χ0) is 15.5. The Hall–Kier alpha value is -2.16. The molecule has 0 aliphatic heterocycles. The number of anilines is 1.